The summed E-state index contributed by atoms with van der Waals surface area (Å²) in [5.74, 6) is 1.74. The summed E-state index contributed by atoms with van der Waals surface area (Å²) < 4.78 is 0. The van der Waals surface area contributed by atoms with Crippen LogP contribution < -0.4 is 10.2 Å². The third kappa shape index (κ3) is 5.88. The van der Waals surface area contributed by atoms with Gasteiger partial charge >= 0.3 is 0 Å². The fourth-order valence-electron chi connectivity index (χ4n) is 4.56. The van der Waals surface area contributed by atoms with Crippen LogP contribution in [0.2, 0.25) is 0 Å². The van der Waals surface area contributed by atoms with E-state index < -0.39 is 0 Å². The molecule has 0 radical (unpaired) electrons. The van der Waals surface area contributed by atoms with Gasteiger partial charge in [0.25, 0.3) is 0 Å². The molecule has 3 heterocycles. The van der Waals surface area contributed by atoms with Crippen molar-refractivity contribution in [3.8, 4) is 0 Å². The van der Waals surface area contributed by atoms with Gasteiger partial charge in [0, 0.05) is 58.9 Å². The molecule has 2 fully saturated rings. The van der Waals surface area contributed by atoms with Crippen molar-refractivity contribution in [1.82, 2.24) is 15.1 Å². The summed E-state index contributed by atoms with van der Waals surface area (Å²) in [6.45, 7) is 9.76. The van der Waals surface area contributed by atoms with Crippen LogP contribution in [0.1, 0.15) is 18.9 Å². The Morgan fingerprint density at radius 3 is 2.53 bits per heavy atom. The Hall–Kier alpha value is -1.32. The summed E-state index contributed by atoms with van der Waals surface area (Å²) in [5, 5.41) is 7.21. The summed E-state index contributed by atoms with van der Waals surface area (Å²) >= 11 is 1.83. The molecule has 164 valence electrons. The Morgan fingerprint density at radius 2 is 1.87 bits per heavy atom. The van der Waals surface area contributed by atoms with Gasteiger partial charge in [-0.05, 0) is 42.3 Å². The Bertz CT molecular complexity index is 774. The maximum absolute atomic E-state index is 4.57. The van der Waals surface area contributed by atoms with Crippen molar-refractivity contribution >= 4 is 46.3 Å². The fourth-order valence-corrected chi connectivity index (χ4v) is 5.35. The minimum atomic E-state index is 0. The smallest absolute Gasteiger partial charge is 0.193 e. The van der Waals surface area contributed by atoms with E-state index in [2.05, 4.69) is 79.8 Å². The molecule has 2 aliphatic heterocycles. The average Bonchev–Trinajstić information content (AvgIpc) is 3.40. The van der Waals surface area contributed by atoms with Gasteiger partial charge in [-0.25, -0.2) is 0 Å². The fraction of sp³-hybridized carbons (Fsp3) is 0.522. The first kappa shape index (κ1) is 23.3. The molecule has 1 N–H and O–H groups in total. The zero-order valence-electron chi connectivity index (χ0n) is 18.0. The van der Waals surface area contributed by atoms with Gasteiger partial charge in [-0.3, -0.25) is 9.89 Å². The van der Waals surface area contributed by atoms with E-state index in [1.807, 2.05) is 18.4 Å². The molecule has 0 bridgehead atoms. The largest absolute Gasteiger partial charge is 0.360 e. The quantitative estimate of drug-likeness (QED) is 0.354. The van der Waals surface area contributed by atoms with Crippen LogP contribution in [0.25, 0.3) is 0 Å². The van der Waals surface area contributed by atoms with Crippen LogP contribution in [-0.4, -0.2) is 68.1 Å². The maximum Gasteiger partial charge on any atom is 0.193 e. The number of piperazine rings is 1. The van der Waals surface area contributed by atoms with E-state index in [1.165, 1.54) is 17.0 Å². The SMILES string of the molecule is CN=C(NCC1CC(C)N(Cc2ccccc2)C1)N1CCN(c2cccs2)CC1.I. The van der Waals surface area contributed by atoms with Crippen LogP contribution in [0.5, 0.6) is 0 Å². The molecule has 2 atom stereocenters. The average molecular weight is 540 g/mol. The van der Waals surface area contributed by atoms with E-state index in [-0.39, 0.29) is 24.0 Å². The van der Waals surface area contributed by atoms with Crippen LogP contribution in [0.4, 0.5) is 5.00 Å². The third-order valence-electron chi connectivity index (χ3n) is 6.18. The second-order valence-corrected chi connectivity index (χ2v) is 9.15. The number of aliphatic imine (C=N–C) groups is 1. The number of likely N-dealkylation sites (tertiary alicyclic amines) is 1. The van der Waals surface area contributed by atoms with Gasteiger partial charge in [-0.1, -0.05) is 30.3 Å². The molecule has 0 spiro atoms. The van der Waals surface area contributed by atoms with Crippen molar-refractivity contribution in [3.63, 3.8) is 0 Å². The molecule has 4 rings (SSSR count). The molecule has 2 unspecified atom stereocenters. The number of hydrogen-bond acceptors (Lipinski definition) is 4. The lowest BCUT2D eigenvalue weighted by atomic mass is 10.1. The molecule has 2 aliphatic rings. The predicted octanol–water partition coefficient (Wildman–Crippen LogP) is 3.97. The van der Waals surface area contributed by atoms with Gasteiger partial charge in [-0.2, -0.15) is 0 Å². The van der Waals surface area contributed by atoms with Gasteiger partial charge in [0.1, 0.15) is 0 Å². The van der Waals surface area contributed by atoms with Crippen molar-refractivity contribution in [1.29, 1.82) is 0 Å². The number of anilines is 1. The number of thiophene rings is 1. The van der Waals surface area contributed by atoms with E-state index in [0.29, 0.717) is 12.0 Å². The van der Waals surface area contributed by atoms with Crippen molar-refractivity contribution < 1.29 is 0 Å². The van der Waals surface area contributed by atoms with Gasteiger partial charge < -0.3 is 15.1 Å². The number of nitrogens with one attached hydrogen (secondary N) is 1. The first-order chi connectivity index (χ1) is 14.2. The van der Waals surface area contributed by atoms with Crippen LogP contribution >= 0.6 is 35.3 Å². The Morgan fingerprint density at radius 1 is 1.10 bits per heavy atom. The van der Waals surface area contributed by atoms with E-state index >= 15 is 0 Å². The first-order valence-electron chi connectivity index (χ1n) is 10.7. The molecule has 5 nitrogen and oxygen atoms in total. The van der Waals surface area contributed by atoms with E-state index in [1.54, 1.807) is 0 Å². The number of guanidine groups is 1. The zero-order chi connectivity index (χ0) is 20.1. The van der Waals surface area contributed by atoms with Gasteiger partial charge in [-0.15, -0.1) is 35.3 Å². The lowest BCUT2D eigenvalue weighted by molar-refractivity contribution is 0.255. The highest BCUT2D eigenvalue weighted by molar-refractivity contribution is 14.0. The molecule has 1 aromatic carbocycles. The predicted molar refractivity (Wildman–Crippen MR) is 139 cm³/mol. The van der Waals surface area contributed by atoms with E-state index in [0.717, 1.165) is 51.8 Å². The standard InChI is InChI=1S/C23H33N5S.HI/c1-19-15-21(18-28(19)17-20-7-4-3-5-8-20)16-25-23(24-2)27-12-10-26(11-13-27)22-9-6-14-29-22;/h3-9,14,19,21H,10-13,15-18H2,1-2H3,(H,24,25);1H. The topological polar surface area (TPSA) is 34.1 Å². The Labute approximate surface area is 202 Å². The van der Waals surface area contributed by atoms with Crippen LogP contribution in [0, 0.1) is 5.92 Å². The lowest BCUT2D eigenvalue weighted by Crippen LogP contribution is -2.53. The van der Waals surface area contributed by atoms with Crippen LogP contribution in [0.15, 0.2) is 52.8 Å². The molecule has 2 aromatic rings. The molecule has 7 heteroatoms. The summed E-state index contributed by atoms with van der Waals surface area (Å²) in [5.41, 5.74) is 1.41. The molecular formula is C23H34IN5S. The highest BCUT2D eigenvalue weighted by atomic mass is 127. The van der Waals surface area contributed by atoms with E-state index in [9.17, 15) is 0 Å². The monoisotopic (exact) mass is 539 g/mol. The molecule has 0 aliphatic carbocycles. The maximum atomic E-state index is 4.57. The molecular weight excluding hydrogens is 505 g/mol. The molecule has 30 heavy (non-hydrogen) atoms. The number of hydrogen-bond donors (Lipinski definition) is 1. The minimum Gasteiger partial charge on any atom is -0.360 e. The van der Waals surface area contributed by atoms with Crippen LogP contribution in [0.3, 0.4) is 0 Å². The zero-order valence-corrected chi connectivity index (χ0v) is 21.2. The summed E-state index contributed by atoms with van der Waals surface area (Å²) in [4.78, 5) is 12.1. The molecule has 1 aromatic heterocycles. The summed E-state index contributed by atoms with van der Waals surface area (Å²) in [7, 11) is 1.91. The Kier molecular flexibility index (Phi) is 8.83. The van der Waals surface area contributed by atoms with Gasteiger partial charge in [0.2, 0.25) is 0 Å². The van der Waals surface area contributed by atoms with Gasteiger partial charge in [0.05, 0.1) is 5.00 Å². The second kappa shape index (κ2) is 11.3. The van der Waals surface area contributed by atoms with Crippen molar-refractivity contribution in [2.45, 2.75) is 25.9 Å². The number of nitrogens with zero attached hydrogens (tertiary/aromatic N) is 4. The molecule has 0 amide bonds. The van der Waals surface area contributed by atoms with Crippen molar-refractivity contribution in [3.05, 3.63) is 53.4 Å². The minimum absolute atomic E-state index is 0. The highest BCUT2D eigenvalue weighted by Gasteiger charge is 2.29. The van der Waals surface area contributed by atoms with Crippen molar-refractivity contribution in [2.24, 2.45) is 10.9 Å². The van der Waals surface area contributed by atoms with Crippen LogP contribution in [-0.2, 0) is 6.54 Å². The lowest BCUT2D eigenvalue weighted by Gasteiger charge is -2.37. The van der Waals surface area contributed by atoms with E-state index in [4.69, 9.17) is 0 Å². The first-order valence-corrected chi connectivity index (χ1v) is 11.6. The Balaban J connectivity index is 0.00000256. The third-order valence-corrected chi connectivity index (χ3v) is 7.11. The number of rotatable bonds is 5. The highest BCUT2D eigenvalue weighted by Crippen LogP contribution is 2.25. The number of benzene rings is 1. The molecule has 2 saturated heterocycles. The summed E-state index contributed by atoms with van der Waals surface area (Å²) in [6.07, 6.45) is 1.25. The van der Waals surface area contributed by atoms with Crippen molar-refractivity contribution in [2.75, 3.05) is 51.2 Å². The summed E-state index contributed by atoms with van der Waals surface area (Å²) in [6, 6.07) is 15.8. The number of halogens is 1. The second-order valence-electron chi connectivity index (χ2n) is 8.22. The van der Waals surface area contributed by atoms with Gasteiger partial charge in [0.15, 0.2) is 5.96 Å². The molecule has 0 saturated carbocycles. The normalized spacial score (nSPS) is 22.8.